The van der Waals surface area contributed by atoms with E-state index in [0.29, 0.717) is 19.5 Å². The van der Waals surface area contributed by atoms with Gasteiger partial charge in [0.15, 0.2) is 0 Å². The molecular formula is C13H25FN2O5S. The Kier molecular flexibility index (Phi) is 6.57. The summed E-state index contributed by atoms with van der Waals surface area (Å²) in [5.41, 5.74) is -0.625. The van der Waals surface area contributed by atoms with Crippen LogP contribution in [0.4, 0.5) is 9.18 Å². The van der Waals surface area contributed by atoms with Crippen LogP contribution in [0.2, 0.25) is 0 Å². The Hall–Kier alpha value is -0.930. The molecule has 1 aliphatic heterocycles. The number of alkyl carbamates (subject to hydrolysis) is 1. The molecule has 1 amide bonds. The quantitative estimate of drug-likeness (QED) is 0.749. The topological polar surface area (TPSA) is 84.9 Å². The van der Waals surface area contributed by atoms with Gasteiger partial charge in [-0.1, -0.05) is 0 Å². The fourth-order valence-electron chi connectivity index (χ4n) is 2.11. The van der Waals surface area contributed by atoms with Crippen molar-refractivity contribution in [3.63, 3.8) is 0 Å². The van der Waals surface area contributed by atoms with Crippen LogP contribution in [0, 0.1) is 0 Å². The Labute approximate surface area is 131 Å². The second-order valence-electron chi connectivity index (χ2n) is 6.38. The number of carbonyl (C=O) groups excluding carboxylic acids is 1. The van der Waals surface area contributed by atoms with Crippen molar-refractivity contribution in [1.29, 1.82) is 0 Å². The first kappa shape index (κ1) is 19.1. The summed E-state index contributed by atoms with van der Waals surface area (Å²) in [6.07, 6.45) is -0.463. The predicted molar refractivity (Wildman–Crippen MR) is 79.9 cm³/mol. The van der Waals surface area contributed by atoms with Crippen LogP contribution in [0.5, 0.6) is 0 Å². The summed E-state index contributed by atoms with van der Waals surface area (Å²) in [5.74, 6) is 0. The number of hydrogen-bond acceptors (Lipinski definition) is 6. The molecule has 0 aromatic carbocycles. The van der Waals surface area contributed by atoms with Crippen LogP contribution >= 0.6 is 0 Å². The van der Waals surface area contributed by atoms with Crippen molar-refractivity contribution in [2.75, 3.05) is 32.5 Å². The molecule has 9 heteroatoms. The van der Waals surface area contributed by atoms with Gasteiger partial charge in [0.1, 0.15) is 11.8 Å². The van der Waals surface area contributed by atoms with E-state index in [1.165, 1.54) is 0 Å². The van der Waals surface area contributed by atoms with Crippen molar-refractivity contribution >= 4 is 16.2 Å². The maximum absolute atomic E-state index is 14.1. The van der Waals surface area contributed by atoms with E-state index < -0.39 is 34.0 Å². The van der Waals surface area contributed by atoms with E-state index in [2.05, 4.69) is 9.50 Å². The predicted octanol–water partition coefficient (Wildman–Crippen LogP) is 0.900. The molecule has 1 aliphatic rings. The third-order valence-corrected chi connectivity index (χ3v) is 3.63. The van der Waals surface area contributed by atoms with Gasteiger partial charge < -0.3 is 10.1 Å². The van der Waals surface area contributed by atoms with E-state index in [0.717, 1.165) is 6.26 Å². The van der Waals surface area contributed by atoms with E-state index in [1.807, 2.05) is 0 Å². The zero-order valence-corrected chi connectivity index (χ0v) is 14.3. The lowest BCUT2D eigenvalue weighted by atomic mass is 10.0. The second-order valence-corrected chi connectivity index (χ2v) is 8.03. The van der Waals surface area contributed by atoms with E-state index in [-0.39, 0.29) is 13.2 Å². The monoisotopic (exact) mass is 340 g/mol. The van der Waals surface area contributed by atoms with Crippen LogP contribution in [0.15, 0.2) is 0 Å². The number of carbonyl (C=O) groups is 1. The number of piperidine rings is 1. The average Bonchev–Trinajstić information content (AvgIpc) is 2.28. The minimum absolute atomic E-state index is 0.00425. The van der Waals surface area contributed by atoms with E-state index >= 15 is 0 Å². The van der Waals surface area contributed by atoms with Gasteiger partial charge in [-0.05, 0) is 27.2 Å². The molecule has 0 aromatic heterocycles. The highest BCUT2D eigenvalue weighted by Crippen LogP contribution is 2.15. The Morgan fingerprint density at radius 1 is 1.41 bits per heavy atom. The smallest absolute Gasteiger partial charge is 0.407 e. The number of amides is 1. The molecule has 1 saturated heterocycles. The molecule has 0 unspecified atom stereocenters. The summed E-state index contributed by atoms with van der Waals surface area (Å²) in [6, 6.07) is -0.595. The Morgan fingerprint density at radius 3 is 2.55 bits per heavy atom. The molecule has 130 valence electrons. The maximum atomic E-state index is 14.1. The number of nitrogens with one attached hydrogen (secondary N) is 1. The number of halogens is 1. The normalized spacial score (nSPS) is 24.0. The third kappa shape index (κ3) is 7.90. The third-order valence-electron chi connectivity index (χ3n) is 3.03. The van der Waals surface area contributed by atoms with Crippen LogP contribution in [0.3, 0.4) is 0 Å². The van der Waals surface area contributed by atoms with Gasteiger partial charge in [-0.15, -0.1) is 0 Å². The standard InChI is InChI=1S/C13H25FN2O5S/c1-13(2,3)21-12(17)15-11-5-6-16(9-10(11)14)7-8-20-22(4,18)19/h10-11H,5-9H2,1-4H3,(H,15,17)/t10-,11+/m0/s1. The van der Waals surface area contributed by atoms with Gasteiger partial charge >= 0.3 is 6.09 Å². The van der Waals surface area contributed by atoms with Crippen LogP contribution in [-0.2, 0) is 19.0 Å². The summed E-state index contributed by atoms with van der Waals surface area (Å²) >= 11 is 0. The van der Waals surface area contributed by atoms with Crippen LogP contribution in [0.25, 0.3) is 0 Å². The van der Waals surface area contributed by atoms with Crippen molar-refractivity contribution in [2.45, 2.75) is 45.0 Å². The fraction of sp³-hybridized carbons (Fsp3) is 0.923. The highest BCUT2D eigenvalue weighted by atomic mass is 32.2. The van der Waals surface area contributed by atoms with Gasteiger partial charge in [-0.25, -0.2) is 9.18 Å². The molecule has 1 N–H and O–H groups in total. The lowest BCUT2D eigenvalue weighted by Crippen LogP contribution is -2.53. The largest absolute Gasteiger partial charge is 0.444 e. The van der Waals surface area contributed by atoms with Crippen molar-refractivity contribution in [1.82, 2.24) is 10.2 Å². The second kappa shape index (κ2) is 7.56. The summed E-state index contributed by atoms with van der Waals surface area (Å²) in [4.78, 5) is 13.4. The Balaban J connectivity index is 2.35. The first-order chi connectivity index (χ1) is 9.96. The molecule has 0 aliphatic carbocycles. The molecule has 1 rings (SSSR count). The minimum Gasteiger partial charge on any atom is -0.444 e. The number of hydrogen-bond donors (Lipinski definition) is 1. The van der Waals surface area contributed by atoms with Gasteiger partial charge in [0.2, 0.25) is 0 Å². The number of alkyl halides is 1. The van der Waals surface area contributed by atoms with Gasteiger partial charge in [0, 0.05) is 19.6 Å². The Morgan fingerprint density at radius 2 is 2.05 bits per heavy atom. The maximum Gasteiger partial charge on any atom is 0.407 e. The molecule has 2 atom stereocenters. The summed E-state index contributed by atoms with van der Waals surface area (Å²) < 4.78 is 45.5. The minimum atomic E-state index is -3.48. The van der Waals surface area contributed by atoms with E-state index in [9.17, 15) is 17.6 Å². The molecule has 0 aromatic rings. The molecule has 0 saturated carbocycles. The molecule has 1 heterocycles. The number of likely N-dealkylation sites (tertiary alicyclic amines) is 1. The highest BCUT2D eigenvalue weighted by molar-refractivity contribution is 7.85. The molecule has 22 heavy (non-hydrogen) atoms. The van der Waals surface area contributed by atoms with Crippen LogP contribution < -0.4 is 5.32 Å². The average molecular weight is 340 g/mol. The van der Waals surface area contributed by atoms with E-state index in [4.69, 9.17) is 4.74 Å². The van der Waals surface area contributed by atoms with Crippen molar-refractivity contribution in [2.24, 2.45) is 0 Å². The summed E-state index contributed by atoms with van der Waals surface area (Å²) in [6.45, 7) is 6.21. The molecule has 1 fully saturated rings. The number of ether oxygens (including phenoxy) is 1. The van der Waals surface area contributed by atoms with Gasteiger partial charge in [0.05, 0.1) is 18.9 Å². The number of rotatable bonds is 5. The Bertz CT molecular complexity index is 477. The molecule has 7 nitrogen and oxygen atoms in total. The van der Waals surface area contributed by atoms with Gasteiger partial charge in [-0.3, -0.25) is 9.08 Å². The molecule has 0 spiro atoms. The fourth-order valence-corrected chi connectivity index (χ4v) is 2.49. The molecule has 0 bridgehead atoms. The van der Waals surface area contributed by atoms with E-state index in [1.54, 1.807) is 25.7 Å². The molecular weight excluding hydrogens is 315 g/mol. The first-order valence-electron chi connectivity index (χ1n) is 7.16. The van der Waals surface area contributed by atoms with Crippen LogP contribution in [0.1, 0.15) is 27.2 Å². The zero-order chi connectivity index (χ0) is 17.0. The van der Waals surface area contributed by atoms with Crippen LogP contribution in [-0.4, -0.2) is 69.7 Å². The van der Waals surface area contributed by atoms with Crippen molar-refractivity contribution in [3.05, 3.63) is 0 Å². The highest BCUT2D eigenvalue weighted by Gasteiger charge is 2.31. The van der Waals surface area contributed by atoms with Crippen molar-refractivity contribution < 1.29 is 26.5 Å². The van der Waals surface area contributed by atoms with Crippen molar-refractivity contribution in [3.8, 4) is 0 Å². The lowest BCUT2D eigenvalue weighted by molar-refractivity contribution is 0.0386. The van der Waals surface area contributed by atoms with Gasteiger partial charge in [-0.2, -0.15) is 8.42 Å². The SMILES string of the molecule is CC(C)(C)OC(=O)N[C@@H]1CCN(CCOS(C)(=O)=O)C[C@@H]1F. The summed E-state index contributed by atoms with van der Waals surface area (Å²) in [5, 5.41) is 2.54. The lowest BCUT2D eigenvalue weighted by Gasteiger charge is -2.35. The molecule has 0 radical (unpaired) electrons. The van der Waals surface area contributed by atoms with Gasteiger partial charge in [0.25, 0.3) is 10.1 Å². The number of nitrogens with zero attached hydrogens (tertiary/aromatic N) is 1. The first-order valence-corrected chi connectivity index (χ1v) is 8.98. The summed E-state index contributed by atoms with van der Waals surface area (Å²) in [7, 11) is -3.48. The zero-order valence-electron chi connectivity index (χ0n) is 13.5.